The average molecular weight is 478 g/mol. The fraction of sp³-hybridized carbons (Fsp3) is 0.379. The molecule has 1 N–H and O–H groups in total. The van der Waals surface area contributed by atoms with Gasteiger partial charge in [0.2, 0.25) is 0 Å². The highest BCUT2D eigenvalue weighted by atomic mass is 32.2. The molecule has 3 aromatic carbocycles. The number of nitrogens with zero attached hydrogens (tertiary/aromatic N) is 1. The van der Waals surface area contributed by atoms with Gasteiger partial charge in [-0.2, -0.15) is 0 Å². The second-order valence-electron chi connectivity index (χ2n) is 10.2. The molecule has 4 rings (SSSR count). The predicted octanol–water partition coefficient (Wildman–Crippen LogP) is 5.02. The van der Waals surface area contributed by atoms with Crippen LogP contribution in [-0.2, 0) is 15.4 Å². The summed E-state index contributed by atoms with van der Waals surface area (Å²) in [6.07, 6.45) is 0.655. The molecule has 1 aliphatic rings. The van der Waals surface area contributed by atoms with E-state index in [0.29, 0.717) is 0 Å². The van der Waals surface area contributed by atoms with Crippen molar-refractivity contribution in [3.05, 3.63) is 108 Å². The minimum Gasteiger partial charge on any atom is -0.390 e. The van der Waals surface area contributed by atoms with E-state index in [9.17, 15) is 13.5 Å². The van der Waals surface area contributed by atoms with E-state index in [2.05, 4.69) is 41.3 Å². The molecule has 1 fully saturated rings. The third-order valence-electron chi connectivity index (χ3n) is 7.07. The Balaban J connectivity index is 1.90. The average Bonchev–Trinajstić information content (AvgIpc) is 3.31. The first kappa shape index (κ1) is 24.6. The molecule has 5 heteroatoms. The number of benzene rings is 3. The van der Waals surface area contributed by atoms with E-state index in [1.54, 1.807) is 20.8 Å². The van der Waals surface area contributed by atoms with Crippen LogP contribution >= 0.6 is 0 Å². The number of likely N-dealkylation sites (tertiary alicyclic amines) is 1. The molecule has 0 radical (unpaired) electrons. The van der Waals surface area contributed by atoms with Crippen LogP contribution < -0.4 is 0 Å². The van der Waals surface area contributed by atoms with Gasteiger partial charge in [-0.3, -0.25) is 4.90 Å². The molecule has 0 aliphatic carbocycles. The molecule has 0 spiro atoms. The summed E-state index contributed by atoms with van der Waals surface area (Å²) in [7, 11) is -3.47. The number of hydrogen-bond donors (Lipinski definition) is 1. The molecule has 3 aromatic rings. The van der Waals surface area contributed by atoms with Crippen LogP contribution in [0.5, 0.6) is 0 Å². The highest BCUT2D eigenvalue weighted by Crippen LogP contribution is 2.46. The van der Waals surface area contributed by atoms with Crippen LogP contribution in [0, 0.1) is 0 Å². The lowest BCUT2D eigenvalue weighted by Gasteiger charge is -2.47. The van der Waals surface area contributed by atoms with E-state index in [1.165, 1.54) is 0 Å². The highest BCUT2D eigenvalue weighted by Gasteiger charge is 2.49. The topological polar surface area (TPSA) is 57.6 Å². The van der Waals surface area contributed by atoms with Crippen LogP contribution in [0.25, 0.3) is 0 Å². The van der Waals surface area contributed by atoms with Crippen molar-refractivity contribution in [1.82, 2.24) is 4.90 Å². The van der Waals surface area contributed by atoms with E-state index in [4.69, 9.17) is 0 Å². The van der Waals surface area contributed by atoms with Crippen LogP contribution in [-0.4, -0.2) is 47.6 Å². The molecular formula is C29H35NO3S. The fourth-order valence-corrected chi connectivity index (χ4v) is 6.40. The summed E-state index contributed by atoms with van der Waals surface area (Å²) in [5.74, 6) is -0.244. The van der Waals surface area contributed by atoms with Gasteiger partial charge in [0.1, 0.15) is 0 Å². The minimum absolute atomic E-state index is 0.244. The Labute approximate surface area is 204 Å². The zero-order valence-electron chi connectivity index (χ0n) is 20.3. The van der Waals surface area contributed by atoms with Crippen molar-refractivity contribution in [1.29, 1.82) is 0 Å². The lowest BCUT2D eigenvalue weighted by molar-refractivity contribution is 0.0450. The Morgan fingerprint density at radius 1 is 0.824 bits per heavy atom. The van der Waals surface area contributed by atoms with Gasteiger partial charge in [0.05, 0.1) is 22.1 Å². The molecule has 1 saturated heterocycles. The van der Waals surface area contributed by atoms with Crippen molar-refractivity contribution in [2.24, 2.45) is 0 Å². The van der Waals surface area contributed by atoms with E-state index < -0.39 is 26.2 Å². The molecule has 4 nitrogen and oxygen atoms in total. The molecule has 1 aliphatic heterocycles. The molecule has 0 bridgehead atoms. The molecule has 180 valence electrons. The molecule has 0 unspecified atom stereocenters. The second kappa shape index (κ2) is 9.65. The van der Waals surface area contributed by atoms with Gasteiger partial charge >= 0.3 is 0 Å². The summed E-state index contributed by atoms with van der Waals surface area (Å²) in [5, 5.41) is 11.4. The number of aliphatic hydroxyl groups is 1. The maximum Gasteiger partial charge on any atom is 0.157 e. The normalized spacial score (nSPS) is 18.6. The summed E-state index contributed by atoms with van der Waals surface area (Å²) >= 11 is 0. The van der Waals surface area contributed by atoms with Gasteiger partial charge in [-0.15, -0.1) is 0 Å². The SMILES string of the molecule is CC(C)(C)S(=O)(=O)C[C@@H](O)[C@H]1CCCN1C(c1ccccc1)(c1ccccc1)c1ccccc1. The van der Waals surface area contributed by atoms with Gasteiger partial charge in [-0.05, 0) is 50.3 Å². The maximum atomic E-state index is 13.0. The summed E-state index contributed by atoms with van der Waals surface area (Å²) in [6, 6.07) is 30.8. The lowest BCUT2D eigenvalue weighted by Crippen LogP contribution is -2.55. The van der Waals surface area contributed by atoms with Crippen LogP contribution in [0.3, 0.4) is 0 Å². The third kappa shape index (κ3) is 4.45. The van der Waals surface area contributed by atoms with Gasteiger partial charge < -0.3 is 5.11 Å². The summed E-state index contributed by atoms with van der Waals surface area (Å²) < 4.78 is 25.1. The van der Waals surface area contributed by atoms with Crippen molar-refractivity contribution in [3.63, 3.8) is 0 Å². The monoisotopic (exact) mass is 477 g/mol. The zero-order chi connectivity index (χ0) is 24.4. The van der Waals surface area contributed by atoms with Gasteiger partial charge in [-0.1, -0.05) is 91.0 Å². The molecule has 34 heavy (non-hydrogen) atoms. The maximum absolute atomic E-state index is 13.0. The smallest absolute Gasteiger partial charge is 0.157 e. The molecule has 0 aromatic heterocycles. The lowest BCUT2D eigenvalue weighted by atomic mass is 9.75. The number of hydrogen-bond acceptors (Lipinski definition) is 4. The molecule has 1 heterocycles. The van der Waals surface area contributed by atoms with Crippen molar-refractivity contribution >= 4 is 9.84 Å². The molecule has 2 atom stereocenters. The first-order valence-corrected chi connectivity index (χ1v) is 13.7. The summed E-state index contributed by atoms with van der Waals surface area (Å²) in [6.45, 7) is 5.85. The third-order valence-corrected chi connectivity index (χ3v) is 9.72. The highest BCUT2D eigenvalue weighted by molar-refractivity contribution is 7.92. The Morgan fingerprint density at radius 2 is 1.24 bits per heavy atom. The molecule has 0 amide bonds. The van der Waals surface area contributed by atoms with Gasteiger partial charge in [-0.25, -0.2) is 8.42 Å². The van der Waals surface area contributed by atoms with Crippen LogP contribution in [0.1, 0.15) is 50.3 Å². The largest absolute Gasteiger partial charge is 0.390 e. The van der Waals surface area contributed by atoms with Crippen molar-refractivity contribution < 1.29 is 13.5 Å². The van der Waals surface area contributed by atoms with Crippen molar-refractivity contribution in [2.75, 3.05) is 12.3 Å². The number of aliphatic hydroxyl groups excluding tert-OH is 1. The van der Waals surface area contributed by atoms with E-state index in [-0.39, 0.29) is 11.8 Å². The quantitative estimate of drug-likeness (QED) is 0.486. The van der Waals surface area contributed by atoms with Crippen LogP contribution in [0.2, 0.25) is 0 Å². The molecular weight excluding hydrogens is 442 g/mol. The second-order valence-corrected chi connectivity index (χ2v) is 13.0. The van der Waals surface area contributed by atoms with Crippen LogP contribution in [0.4, 0.5) is 0 Å². The van der Waals surface area contributed by atoms with Crippen molar-refractivity contribution in [3.8, 4) is 0 Å². The Morgan fingerprint density at radius 3 is 1.62 bits per heavy atom. The standard InChI is InChI=1S/C29H35NO3S/c1-28(2,3)34(32,33)22-27(31)26-20-13-21-30(26)29(23-14-7-4-8-15-23,24-16-9-5-10-17-24)25-18-11-6-12-19-25/h4-12,14-19,26-27,31H,13,20-22H2,1-3H3/t26-,27-/m1/s1. The summed E-state index contributed by atoms with van der Waals surface area (Å²) in [4.78, 5) is 2.34. The first-order valence-electron chi connectivity index (χ1n) is 12.0. The Hall–Kier alpha value is -2.47. The van der Waals surface area contributed by atoms with Gasteiger partial charge in [0.25, 0.3) is 0 Å². The first-order chi connectivity index (χ1) is 16.2. The van der Waals surface area contributed by atoms with E-state index in [1.807, 2.05) is 54.6 Å². The Bertz CT molecular complexity index is 1080. The zero-order valence-corrected chi connectivity index (χ0v) is 21.1. The minimum atomic E-state index is -3.47. The van der Waals surface area contributed by atoms with Crippen molar-refractivity contribution in [2.45, 2.75) is 56.0 Å². The van der Waals surface area contributed by atoms with E-state index in [0.717, 1.165) is 36.1 Å². The van der Waals surface area contributed by atoms with E-state index >= 15 is 0 Å². The summed E-state index contributed by atoms with van der Waals surface area (Å²) in [5.41, 5.74) is 2.65. The predicted molar refractivity (Wildman–Crippen MR) is 138 cm³/mol. The molecule has 0 saturated carbocycles. The fourth-order valence-electron chi connectivity index (χ4n) is 5.23. The Kier molecular flexibility index (Phi) is 6.99. The van der Waals surface area contributed by atoms with Gasteiger partial charge in [0, 0.05) is 12.6 Å². The number of sulfone groups is 1. The number of rotatable bonds is 7. The van der Waals surface area contributed by atoms with Gasteiger partial charge in [0.15, 0.2) is 9.84 Å². The van der Waals surface area contributed by atoms with Crippen LogP contribution in [0.15, 0.2) is 91.0 Å².